The molecule has 130 valence electrons. The third-order valence-electron chi connectivity index (χ3n) is 5.23. The fourth-order valence-electron chi connectivity index (χ4n) is 3.65. The molecular formula is C19H26N2O3. The van der Waals surface area contributed by atoms with Gasteiger partial charge in [-0.1, -0.05) is 44.2 Å². The van der Waals surface area contributed by atoms with Gasteiger partial charge >= 0.3 is 0 Å². The Morgan fingerprint density at radius 3 is 2.54 bits per heavy atom. The van der Waals surface area contributed by atoms with Gasteiger partial charge in [0.15, 0.2) is 0 Å². The van der Waals surface area contributed by atoms with Crippen molar-refractivity contribution in [1.29, 1.82) is 0 Å². The molecule has 0 radical (unpaired) electrons. The highest BCUT2D eigenvalue weighted by molar-refractivity contribution is 5.89. The standard InChI is InChI=1S/C19H26N2O3/c1-19(2)13-20(12-15(19)22)18(24)17(14-8-4-3-5-9-14)21-11-7-6-10-16(21)23/h3-5,8-9,15,17,22H,6-7,10-13H2,1-2H3/t15-,17-/m0/s1. The molecule has 1 N–H and O–H groups in total. The number of carbonyl (C=O) groups excluding carboxylic acids is 2. The van der Waals surface area contributed by atoms with Crippen molar-refractivity contribution >= 4 is 11.8 Å². The molecule has 2 fully saturated rings. The van der Waals surface area contributed by atoms with E-state index in [1.54, 1.807) is 9.80 Å². The van der Waals surface area contributed by atoms with Gasteiger partial charge in [-0.15, -0.1) is 0 Å². The van der Waals surface area contributed by atoms with Crippen molar-refractivity contribution in [2.24, 2.45) is 5.41 Å². The second-order valence-electron chi connectivity index (χ2n) is 7.58. The first-order valence-corrected chi connectivity index (χ1v) is 8.71. The Kier molecular flexibility index (Phi) is 4.63. The number of hydrogen-bond donors (Lipinski definition) is 1. The molecule has 2 saturated heterocycles. The Balaban J connectivity index is 1.90. The quantitative estimate of drug-likeness (QED) is 0.922. The molecule has 2 aliphatic heterocycles. The van der Waals surface area contributed by atoms with Crippen LogP contribution in [0.1, 0.15) is 44.7 Å². The summed E-state index contributed by atoms with van der Waals surface area (Å²) in [4.78, 5) is 29.1. The van der Waals surface area contributed by atoms with Gasteiger partial charge < -0.3 is 14.9 Å². The van der Waals surface area contributed by atoms with E-state index >= 15 is 0 Å². The minimum Gasteiger partial charge on any atom is -0.391 e. The summed E-state index contributed by atoms with van der Waals surface area (Å²) in [5, 5.41) is 10.2. The number of benzene rings is 1. The van der Waals surface area contributed by atoms with Crippen LogP contribution in [0.2, 0.25) is 0 Å². The van der Waals surface area contributed by atoms with Crippen molar-refractivity contribution < 1.29 is 14.7 Å². The van der Waals surface area contributed by atoms with E-state index in [0.29, 0.717) is 26.1 Å². The molecule has 0 aromatic heterocycles. The molecule has 2 aliphatic rings. The number of hydrogen-bond acceptors (Lipinski definition) is 3. The summed E-state index contributed by atoms with van der Waals surface area (Å²) in [6.45, 7) is 5.39. The predicted octanol–water partition coefficient (Wildman–Crippen LogP) is 1.97. The van der Waals surface area contributed by atoms with Crippen molar-refractivity contribution in [3.05, 3.63) is 35.9 Å². The number of nitrogens with zero attached hydrogens (tertiary/aromatic N) is 2. The maximum Gasteiger partial charge on any atom is 0.250 e. The molecule has 1 aromatic carbocycles. The summed E-state index contributed by atoms with van der Waals surface area (Å²) < 4.78 is 0. The lowest BCUT2D eigenvalue weighted by Crippen LogP contribution is -2.47. The van der Waals surface area contributed by atoms with Gasteiger partial charge in [0.25, 0.3) is 0 Å². The van der Waals surface area contributed by atoms with Crippen LogP contribution in [0.5, 0.6) is 0 Å². The van der Waals surface area contributed by atoms with Crippen LogP contribution >= 0.6 is 0 Å². The summed E-state index contributed by atoms with van der Waals surface area (Å²) in [6.07, 6.45) is 1.79. The first-order chi connectivity index (χ1) is 11.4. The molecule has 5 heteroatoms. The van der Waals surface area contributed by atoms with E-state index in [0.717, 1.165) is 18.4 Å². The first kappa shape index (κ1) is 17.0. The zero-order valence-corrected chi connectivity index (χ0v) is 14.4. The van der Waals surface area contributed by atoms with Gasteiger partial charge in [-0.25, -0.2) is 0 Å². The lowest BCUT2D eigenvalue weighted by molar-refractivity contribution is -0.147. The smallest absolute Gasteiger partial charge is 0.250 e. The van der Waals surface area contributed by atoms with E-state index in [-0.39, 0.29) is 17.2 Å². The molecule has 0 unspecified atom stereocenters. The number of carbonyl (C=O) groups is 2. The van der Waals surface area contributed by atoms with Crippen LogP contribution in [0.25, 0.3) is 0 Å². The molecule has 2 atom stereocenters. The molecule has 0 bridgehead atoms. The molecule has 3 rings (SSSR count). The Morgan fingerprint density at radius 1 is 1.25 bits per heavy atom. The van der Waals surface area contributed by atoms with Crippen molar-refractivity contribution in [3.8, 4) is 0 Å². The first-order valence-electron chi connectivity index (χ1n) is 8.71. The molecule has 1 aromatic rings. The van der Waals surface area contributed by atoms with Gasteiger partial charge in [0.05, 0.1) is 6.10 Å². The number of β-amino-alcohol motifs (C(OH)–C–C–N with tert-alkyl or cyclic N) is 1. The van der Waals surface area contributed by atoms with Crippen LogP contribution in [0.3, 0.4) is 0 Å². The minimum absolute atomic E-state index is 0.0439. The lowest BCUT2D eigenvalue weighted by Gasteiger charge is -2.36. The average molecular weight is 330 g/mol. The molecule has 2 heterocycles. The molecular weight excluding hydrogens is 304 g/mol. The monoisotopic (exact) mass is 330 g/mol. The summed E-state index contributed by atoms with van der Waals surface area (Å²) in [5.41, 5.74) is 0.528. The number of rotatable bonds is 3. The summed E-state index contributed by atoms with van der Waals surface area (Å²) in [7, 11) is 0. The summed E-state index contributed by atoms with van der Waals surface area (Å²) in [5.74, 6) is -0.0384. The van der Waals surface area contributed by atoms with Crippen LogP contribution < -0.4 is 0 Å². The third-order valence-corrected chi connectivity index (χ3v) is 5.23. The zero-order valence-electron chi connectivity index (χ0n) is 14.4. The van der Waals surface area contributed by atoms with Crippen LogP contribution in [-0.2, 0) is 9.59 Å². The Hall–Kier alpha value is -1.88. The maximum absolute atomic E-state index is 13.2. The Labute approximate surface area is 143 Å². The number of aliphatic hydroxyl groups is 1. The van der Waals surface area contributed by atoms with E-state index in [1.165, 1.54) is 0 Å². The topological polar surface area (TPSA) is 60.9 Å². The zero-order chi connectivity index (χ0) is 17.3. The van der Waals surface area contributed by atoms with Crippen molar-refractivity contribution in [2.45, 2.75) is 45.3 Å². The molecule has 24 heavy (non-hydrogen) atoms. The van der Waals surface area contributed by atoms with Gasteiger partial charge in [-0.2, -0.15) is 0 Å². The third kappa shape index (κ3) is 3.18. The molecule has 0 aliphatic carbocycles. The van der Waals surface area contributed by atoms with Crippen LogP contribution in [0, 0.1) is 5.41 Å². The highest BCUT2D eigenvalue weighted by Gasteiger charge is 2.44. The summed E-state index contributed by atoms with van der Waals surface area (Å²) in [6, 6.07) is 8.93. The summed E-state index contributed by atoms with van der Waals surface area (Å²) >= 11 is 0. The minimum atomic E-state index is -0.583. The van der Waals surface area contributed by atoms with Gasteiger partial charge in [0.1, 0.15) is 6.04 Å². The molecule has 2 amide bonds. The van der Waals surface area contributed by atoms with Crippen LogP contribution in [0.15, 0.2) is 30.3 Å². The van der Waals surface area contributed by atoms with E-state index in [1.807, 2.05) is 44.2 Å². The Morgan fingerprint density at radius 2 is 1.96 bits per heavy atom. The van der Waals surface area contributed by atoms with Crippen LogP contribution in [0.4, 0.5) is 0 Å². The number of amides is 2. The SMILES string of the molecule is CC1(C)CN(C(=O)[C@H](c2ccccc2)N2CCCCC2=O)C[C@@H]1O. The highest BCUT2D eigenvalue weighted by Crippen LogP contribution is 2.34. The van der Waals surface area contributed by atoms with E-state index in [2.05, 4.69) is 0 Å². The number of piperidine rings is 1. The maximum atomic E-state index is 13.2. The molecule has 5 nitrogen and oxygen atoms in total. The number of aliphatic hydroxyl groups excluding tert-OH is 1. The second-order valence-corrected chi connectivity index (χ2v) is 7.58. The second kappa shape index (κ2) is 6.55. The molecule has 0 saturated carbocycles. The Bertz CT molecular complexity index is 614. The van der Waals surface area contributed by atoms with Crippen LogP contribution in [-0.4, -0.2) is 52.5 Å². The highest BCUT2D eigenvalue weighted by atomic mass is 16.3. The van der Waals surface area contributed by atoms with Gasteiger partial charge in [-0.3, -0.25) is 9.59 Å². The molecule has 0 spiro atoms. The lowest BCUT2D eigenvalue weighted by atomic mass is 9.90. The largest absolute Gasteiger partial charge is 0.391 e. The van der Waals surface area contributed by atoms with Gasteiger partial charge in [0, 0.05) is 31.5 Å². The fraction of sp³-hybridized carbons (Fsp3) is 0.579. The van der Waals surface area contributed by atoms with E-state index < -0.39 is 12.1 Å². The van der Waals surface area contributed by atoms with Crippen molar-refractivity contribution in [3.63, 3.8) is 0 Å². The normalized spacial score (nSPS) is 25.0. The van der Waals surface area contributed by atoms with Gasteiger partial charge in [0.2, 0.25) is 11.8 Å². The predicted molar refractivity (Wildman–Crippen MR) is 91.1 cm³/mol. The van der Waals surface area contributed by atoms with E-state index in [4.69, 9.17) is 0 Å². The number of likely N-dealkylation sites (tertiary alicyclic amines) is 2. The fourth-order valence-corrected chi connectivity index (χ4v) is 3.65. The van der Waals surface area contributed by atoms with Crippen molar-refractivity contribution in [1.82, 2.24) is 9.80 Å². The van der Waals surface area contributed by atoms with E-state index in [9.17, 15) is 14.7 Å². The van der Waals surface area contributed by atoms with Gasteiger partial charge in [-0.05, 0) is 18.4 Å². The average Bonchev–Trinajstić information content (AvgIpc) is 2.84. The van der Waals surface area contributed by atoms with Crippen molar-refractivity contribution in [2.75, 3.05) is 19.6 Å².